The third-order valence-corrected chi connectivity index (χ3v) is 12.5. The molecule has 1 aliphatic rings. The number of thiophene rings is 1. The third kappa shape index (κ3) is 4.57. The molecule has 0 saturated carbocycles. The first-order valence-corrected chi connectivity index (χ1v) is 19.0. The van der Waals surface area contributed by atoms with Gasteiger partial charge in [-0.05, 0) is 107 Å². The number of anilines is 3. The fourth-order valence-corrected chi connectivity index (χ4v) is 9.79. The van der Waals surface area contributed by atoms with E-state index in [4.69, 9.17) is 4.42 Å². The van der Waals surface area contributed by atoms with E-state index in [1.165, 1.54) is 59.1 Å². The summed E-state index contributed by atoms with van der Waals surface area (Å²) in [4.78, 5) is 2.38. The zero-order valence-electron chi connectivity index (χ0n) is 29.1. The second-order valence-electron chi connectivity index (χ2n) is 14.2. The van der Waals surface area contributed by atoms with Crippen molar-refractivity contribution >= 4 is 70.5 Å². The van der Waals surface area contributed by atoms with Gasteiger partial charge in [-0.25, -0.2) is 0 Å². The minimum Gasteiger partial charge on any atom is -0.456 e. The minimum absolute atomic E-state index is 0.356. The van der Waals surface area contributed by atoms with Gasteiger partial charge in [-0.1, -0.05) is 115 Å². The molecule has 0 spiro atoms. The molecule has 1 aliphatic carbocycles. The molecule has 53 heavy (non-hydrogen) atoms. The molecule has 2 aromatic heterocycles. The lowest BCUT2D eigenvalue weighted by Crippen LogP contribution is -2.23. The molecule has 0 aliphatic heterocycles. The van der Waals surface area contributed by atoms with Crippen LogP contribution in [0.1, 0.15) is 23.6 Å². The van der Waals surface area contributed by atoms with E-state index in [1.807, 2.05) is 23.5 Å². The summed E-state index contributed by atoms with van der Waals surface area (Å²) in [5, 5.41) is 4.90. The van der Waals surface area contributed by atoms with Crippen LogP contribution in [0, 0.1) is 0 Å². The van der Waals surface area contributed by atoms with Crippen molar-refractivity contribution in [1.29, 1.82) is 0 Å². The summed E-state index contributed by atoms with van der Waals surface area (Å²) in [6, 6.07) is 66.3. The molecular formula is C50H33NOS. The second-order valence-corrected chi connectivity index (χ2v) is 15.3. The highest BCUT2D eigenvalue weighted by molar-refractivity contribution is 7.25. The molecule has 0 bridgehead atoms. The third-order valence-electron chi connectivity index (χ3n) is 11.4. The van der Waals surface area contributed by atoms with Gasteiger partial charge in [0, 0.05) is 59.5 Å². The van der Waals surface area contributed by atoms with Gasteiger partial charge >= 0.3 is 0 Å². The van der Waals surface area contributed by atoms with E-state index in [2.05, 4.69) is 182 Å². The van der Waals surface area contributed by atoms with Crippen molar-refractivity contribution < 1.29 is 4.42 Å². The van der Waals surface area contributed by atoms with Crippen molar-refractivity contribution in [3.63, 3.8) is 0 Å². The largest absolute Gasteiger partial charge is 0.456 e. The molecule has 0 fully saturated rings. The zero-order valence-corrected chi connectivity index (χ0v) is 29.9. The summed E-state index contributed by atoms with van der Waals surface area (Å²) < 4.78 is 9.08. The fraction of sp³-hybridized carbons (Fsp3) is 0.0400. The summed E-state index contributed by atoms with van der Waals surface area (Å²) in [6.07, 6.45) is 0. The van der Waals surface area contributed by atoms with Crippen molar-refractivity contribution in [3.8, 4) is 22.3 Å². The Morgan fingerprint density at radius 1 is 0.434 bits per heavy atom. The van der Waals surface area contributed by atoms with Gasteiger partial charge in [0.05, 0.1) is 0 Å². The highest BCUT2D eigenvalue weighted by Crippen LogP contribution is 2.54. The van der Waals surface area contributed by atoms with Crippen molar-refractivity contribution in [3.05, 3.63) is 199 Å². The molecule has 3 heteroatoms. The molecular weight excluding hydrogens is 663 g/mol. The molecule has 1 atom stereocenters. The molecule has 0 saturated heterocycles. The molecule has 0 N–H and O–H groups in total. The van der Waals surface area contributed by atoms with E-state index >= 15 is 0 Å². The van der Waals surface area contributed by atoms with Gasteiger partial charge in [-0.3, -0.25) is 0 Å². The van der Waals surface area contributed by atoms with Gasteiger partial charge in [0.25, 0.3) is 0 Å². The quantitative estimate of drug-likeness (QED) is 0.178. The average molecular weight is 696 g/mol. The summed E-state index contributed by atoms with van der Waals surface area (Å²) in [5.74, 6) is 0. The zero-order chi connectivity index (χ0) is 35.1. The van der Waals surface area contributed by atoms with Crippen LogP contribution in [0.3, 0.4) is 0 Å². The highest BCUT2D eigenvalue weighted by atomic mass is 32.1. The Bertz CT molecular complexity index is 3030. The van der Waals surface area contributed by atoms with Gasteiger partial charge in [0.2, 0.25) is 0 Å². The van der Waals surface area contributed by atoms with Crippen molar-refractivity contribution in [2.75, 3.05) is 4.90 Å². The Kier molecular flexibility index (Phi) is 6.58. The molecule has 250 valence electrons. The number of para-hydroxylation sites is 1. The minimum atomic E-state index is -0.356. The highest BCUT2D eigenvalue weighted by Gasteiger charge is 2.41. The standard InChI is InChI=1S/C50H33NOS/c1-50(34-21-28-49-43(29-34)42-15-7-10-18-48(42)53-49)44-16-8-5-13-38(44)39-26-24-36(30-45(39)50)51(35-22-19-33(20-23-35)32-11-3-2-4-12-32)37-25-27-41-40-14-6-9-17-46(40)52-47(41)31-37/h2-31H,1H3. The summed E-state index contributed by atoms with van der Waals surface area (Å²) >= 11 is 1.87. The molecule has 8 aromatic carbocycles. The number of hydrogen-bond donors (Lipinski definition) is 0. The van der Waals surface area contributed by atoms with Crippen LogP contribution in [0.5, 0.6) is 0 Å². The van der Waals surface area contributed by atoms with Gasteiger partial charge in [-0.2, -0.15) is 0 Å². The average Bonchev–Trinajstić information content (AvgIpc) is 3.86. The maximum atomic E-state index is 6.43. The van der Waals surface area contributed by atoms with E-state index in [0.29, 0.717) is 0 Å². The van der Waals surface area contributed by atoms with Gasteiger partial charge in [0.15, 0.2) is 0 Å². The first-order chi connectivity index (χ1) is 26.1. The van der Waals surface area contributed by atoms with Gasteiger partial charge < -0.3 is 9.32 Å². The van der Waals surface area contributed by atoms with E-state index in [9.17, 15) is 0 Å². The molecule has 0 radical (unpaired) electrons. The van der Waals surface area contributed by atoms with E-state index < -0.39 is 0 Å². The number of hydrogen-bond acceptors (Lipinski definition) is 3. The predicted octanol–water partition coefficient (Wildman–Crippen LogP) is 14.4. The summed E-state index contributed by atoms with van der Waals surface area (Å²) in [6.45, 7) is 2.41. The first kappa shape index (κ1) is 30.2. The maximum absolute atomic E-state index is 6.43. The lowest BCUT2D eigenvalue weighted by molar-refractivity contribution is 0.669. The predicted molar refractivity (Wildman–Crippen MR) is 224 cm³/mol. The van der Waals surface area contributed by atoms with Crippen molar-refractivity contribution in [2.45, 2.75) is 12.3 Å². The molecule has 11 rings (SSSR count). The Morgan fingerprint density at radius 3 is 1.96 bits per heavy atom. The number of nitrogens with zero attached hydrogens (tertiary/aromatic N) is 1. The van der Waals surface area contributed by atoms with Crippen LogP contribution in [0.25, 0.3) is 64.4 Å². The molecule has 10 aromatic rings. The Hall–Kier alpha value is -6.42. The summed E-state index contributed by atoms with van der Waals surface area (Å²) in [7, 11) is 0. The Labute approximate surface area is 311 Å². The fourth-order valence-electron chi connectivity index (χ4n) is 8.70. The first-order valence-electron chi connectivity index (χ1n) is 18.2. The van der Waals surface area contributed by atoms with Crippen LogP contribution < -0.4 is 4.90 Å². The summed E-state index contributed by atoms with van der Waals surface area (Å²) in [5.41, 5.74) is 13.6. The number of rotatable bonds is 5. The van der Waals surface area contributed by atoms with Crippen molar-refractivity contribution in [2.24, 2.45) is 0 Å². The van der Waals surface area contributed by atoms with E-state index in [0.717, 1.165) is 39.0 Å². The van der Waals surface area contributed by atoms with Gasteiger partial charge in [-0.15, -0.1) is 11.3 Å². The van der Waals surface area contributed by atoms with Gasteiger partial charge in [0.1, 0.15) is 11.2 Å². The molecule has 1 unspecified atom stereocenters. The van der Waals surface area contributed by atoms with E-state index in [1.54, 1.807) is 0 Å². The monoisotopic (exact) mass is 695 g/mol. The number of fused-ring (bicyclic) bond motifs is 9. The smallest absolute Gasteiger partial charge is 0.137 e. The van der Waals surface area contributed by atoms with Crippen LogP contribution >= 0.6 is 11.3 Å². The van der Waals surface area contributed by atoms with Crippen molar-refractivity contribution in [1.82, 2.24) is 0 Å². The maximum Gasteiger partial charge on any atom is 0.137 e. The normalized spacial score (nSPS) is 15.0. The molecule has 0 amide bonds. The SMILES string of the molecule is CC1(c2ccc3sc4ccccc4c3c2)c2ccccc2-c2ccc(N(c3ccc(-c4ccccc4)cc3)c3ccc4c(c3)oc3ccccc34)cc21. The van der Waals surface area contributed by atoms with Crippen LogP contribution in [-0.2, 0) is 5.41 Å². The number of furan rings is 1. The molecule has 2 heterocycles. The van der Waals surface area contributed by atoms with Crippen LogP contribution in [0.4, 0.5) is 17.1 Å². The Morgan fingerprint density at radius 2 is 1.08 bits per heavy atom. The Balaban J connectivity index is 1.11. The van der Waals surface area contributed by atoms with E-state index in [-0.39, 0.29) is 5.41 Å². The van der Waals surface area contributed by atoms with Crippen LogP contribution in [0.2, 0.25) is 0 Å². The second kappa shape index (κ2) is 11.5. The lowest BCUT2D eigenvalue weighted by Gasteiger charge is -2.31. The lowest BCUT2D eigenvalue weighted by atomic mass is 9.74. The molecule has 2 nitrogen and oxygen atoms in total. The van der Waals surface area contributed by atoms with Crippen LogP contribution in [0.15, 0.2) is 186 Å². The topological polar surface area (TPSA) is 16.4 Å². The van der Waals surface area contributed by atoms with Crippen LogP contribution in [-0.4, -0.2) is 0 Å². The number of benzene rings is 8.